The SMILES string of the molecule is Cc1[nH]c2ccc(Cl)cc2c1C(=O)NCC[C@H]1CCCN1. The van der Waals surface area contributed by atoms with Crippen molar-refractivity contribution in [2.45, 2.75) is 32.2 Å². The highest BCUT2D eigenvalue weighted by atomic mass is 35.5. The van der Waals surface area contributed by atoms with Gasteiger partial charge in [0.25, 0.3) is 5.91 Å². The molecule has 0 bridgehead atoms. The summed E-state index contributed by atoms with van der Waals surface area (Å²) in [4.78, 5) is 15.7. The third kappa shape index (κ3) is 3.06. The summed E-state index contributed by atoms with van der Waals surface area (Å²) in [6.07, 6.45) is 3.42. The molecule has 1 aromatic carbocycles. The topological polar surface area (TPSA) is 56.9 Å². The van der Waals surface area contributed by atoms with Crippen LogP contribution in [-0.4, -0.2) is 30.0 Å². The number of rotatable bonds is 4. The summed E-state index contributed by atoms with van der Waals surface area (Å²) in [5, 5.41) is 7.99. The van der Waals surface area contributed by atoms with E-state index in [1.54, 1.807) is 0 Å². The lowest BCUT2D eigenvalue weighted by atomic mass is 10.1. The monoisotopic (exact) mass is 305 g/mol. The highest BCUT2D eigenvalue weighted by Crippen LogP contribution is 2.25. The molecular weight excluding hydrogens is 286 g/mol. The zero-order valence-corrected chi connectivity index (χ0v) is 12.9. The van der Waals surface area contributed by atoms with Crippen LogP contribution in [0.3, 0.4) is 0 Å². The van der Waals surface area contributed by atoms with Gasteiger partial charge < -0.3 is 15.6 Å². The minimum Gasteiger partial charge on any atom is -0.358 e. The van der Waals surface area contributed by atoms with E-state index in [1.807, 2.05) is 25.1 Å². The van der Waals surface area contributed by atoms with Crippen molar-refractivity contribution in [3.63, 3.8) is 0 Å². The number of aryl methyl sites for hydroxylation is 1. The Morgan fingerprint density at radius 2 is 2.33 bits per heavy atom. The summed E-state index contributed by atoms with van der Waals surface area (Å²) >= 11 is 6.04. The van der Waals surface area contributed by atoms with Gasteiger partial charge >= 0.3 is 0 Å². The number of nitrogens with one attached hydrogen (secondary N) is 3. The number of carbonyl (C=O) groups excluding carboxylic acids is 1. The van der Waals surface area contributed by atoms with Crippen LogP contribution in [0.25, 0.3) is 10.9 Å². The molecule has 21 heavy (non-hydrogen) atoms. The maximum absolute atomic E-state index is 12.4. The molecule has 4 nitrogen and oxygen atoms in total. The average molecular weight is 306 g/mol. The van der Waals surface area contributed by atoms with Gasteiger partial charge in [0.15, 0.2) is 0 Å². The van der Waals surface area contributed by atoms with Crippen LogP contribution in [0.4, 0.5) is 0 Å². The van der Waals surface area contributed by atoms with Crippen LogP contribution in [-0.2, 0) is 0 Å². The molecule has 0 spiro atoms. The van der Waals surface area contributed by atoms with E-state index in [1.165, 1.54) is 12.8 Å². The molecule has 2 heterocycles. The highest BCUT2D eigenvalue weighted by molar-refractivity contribution is 6.31. The van der Waals surface area contributed by atoms with Gasteiger partial charge in [-0.25, -0.2) is 0 Å². The second-order valence-corrected chi connectivity index (χ2v) is 6.09. The molecule has 0 aliphatic carbocycles. The van der Waals surface area contributed by atoms with Crippen LogP contribution in [0, 0.1) is 6.92 Å². The third-order valence-corrected chi connectivity index (χ3v) is 4.35. The number of benzene rings is 1. The van der Waals surface area contributed by atoms with E-state index >= 15 is 0 Å². The fraction of sp³-hybridized carbons (Fsp3) is 0.438. The summed E-state index contributed by atoms with van der Waals surface area (Å²) < 4.78 is 0. The van der Waals surface area contributed by atoms with Gasteiger partial charge in [-0.2, -0.15) is 0 Å². The largest absolute Gasteiger partial charge is 0.358 e. The van der Waals surface area contributed by atoms with Crippen LogP contribution in [0.1, 0.15) is 35.3 Å². The highest BCUT2D eigenvalue weighted by Gasteiger charge is 2.17. The first-order valence-corrected chi connectivity index (χ1v) is 7.82. The van der Waals surface area contributed by atoms with E-state index in [4.69, 9.17) is 11.6 Å². The van der Waals surface area contributed by atoms with Gasteiger partial charge in [0, 0.05) is 34.2 Å². The first-order chi connectivity index (χ1) is 10.1. The standard InChI is InChI=1S/C16H20ClN3O/c1-10-15(13-9-11(17)4-5-14(13)20-10)16(21)19-8-6-12-3-2-7-18-12/h4-5,9,12,18,20H,2-3,6-8H2,1H3,(H,19,21)/t12-/m1/s1. The maximum Gasteiger partial charge on any atom is 0.253 e. The Morgan fingerprint density at radius 3 is 3.10 bits per heavy atom. The number of halogens is 1. The summed E-state index contributed by atoms with van der Waals surface area (Å²) in [7, 11) is 0. The van der Waals surface area contributed by atoms with Gasteiger partial charge in [-0.3, -0.25) is 4.79 Å². The quantitative estimate of drug-likeness (QED) is 0.813. The normalized spacial score (nSPS) is 18.3. The number of H-pyrrole nitrogens is 1. The summed E-state index contributed by atoms with van der Waals surface area (Å²) in [6.45, 7) is 3.71. The van der Waals surface area contributed by atoms with Gasteiger partial charge in [0.2, 0.25) is 0 Å². The van der Waals surface area contributed by atoms with Gasteiger partial charge in [0.05, 0.1) is 5.56 Å². The molecule has 3 rings (SSSR count). The number of hydrogen-bond acceptors (Lipinski definition) is 2. The lowest BCUT2D eigenvalue weighted by Crippen LogP contribution is -2.30. The number of carbonyl (C=O) groups is 1. The van der Waals surface area contributed by atoms with E-state index in [0.29, 0.717) is 23.2 Å². The van der Waals surface area contributed by atoms with Crippen LogP contribution >= 0.6 is 11.6 Å². The van der Waals surface area contributed by atoms with Crippen molar-refractivity contribution >= 4 is 28.4 Å². The second-order valence-electron chi connectivity index (χ2n) is 5.65. The van der Waals surface area contributed by atoms with Crippen molar-refractivity contribution in [1.29, 1.82) is 0 Å². The van der Waals surface area contributed by atoms with Crippen molar-refractivity contribution in [2.24, 2.45) is 0 Å². The molecule has 1 fully saturated rings. The van der Waals surface area contributed by atoms with E-state index in [2.05, 4.69) is 15.6 Å². The molecule has 0 unspecified atom stereocenters. The van der Waals surface area contributed by atoms with E-state index in [-0.39, 0.29) is 5.91 Å². The Labute approximate surface area is 129 Å². The van der Waals surface area contributed by atoms with Crippen LogP contribution in [0.5, 0.6) is 0 Å². The zero-order chi connectivity index (χ0) is 14.8. The molecule has 0 radical (unpaired) electrons. The first kappa shape index (κ1) is 14.4. The van der Waals surface area contributed by atoms with Crippen molar-refractivity contribution < 1.29 is 4.79 Å². The van der Waals surface area contributed by atoms with Gasteiger partial charge in [-0.05, 0) is 50.9 Å². The average Bonchev–Trinajstić information content (AvgIpc) is 3.05. The fourth-order valence-electron chi connectivity index (χ4n) is 3.04. The second kappa shape index (κ2) is 6.08. The number of aromatic nitrogens is 1. The molecule has 1 saturated heterocycles. The summed E-state index contributed by atoms with van der Waals surface area (Å²) in [6, 6.07) is 6.12. The van der Waals surface area contributed by atoms with Crippen molar-refractivity contribution in [1.82, 2.24) is 15.6 Å². The molecule has 1 atom stereocenters. The van der Waals surface area contributed by atoms with Crippen molar-refractivity contribution in [2.75, 3.05) is 13.1 Å². The van der Waals surface area contributed by atoms with Crippen LogP contribution in [0.15, 0.2) is 18.2 Å². The Hall–Kier alpha value is -1.52. The number of hydrogen-bond donors (Lipinski definition) is 3. The molecule has 112 valence electrons. The minimum absolute atomic E-state index is 0.0287. The Bertz CT molecular complexity index is 659. The molecule has 2 aromatic rings. The van der Waals surface area contributed by atoms with E-state index in [0.717, 1.165) is 29.6 Å². The fourth-order valence-corrected chi connectivity index (χ4v) is 3.21. The molecule has 1 aliphatic rings. The molecule has 1 aliphatic heterocycles. The van der Waals surface area contributed by atoms with Gasteiger partial charge in [-0.15, -0.1) is 0 Å². The maximum atomic E-state index is 12.4. The van der Waals surface area contributed by atoms with Crippen molar-refractivity contribution in [3.05, 3.63) is 34.5 Å². The smallest absolute Gasteiger partial charge is 0.253 e. The van der Waals surface area contributed by atoms with Crippen LogP contribution in [0.2, 0.25) is 5.02 Å². The molecule has 1 aromatic heterocycles. The van der Waals surface area contributed by atoms with Crippen molar-refractivity contribution in [3.8, 4) is 0 Å². The number of amides is 1. The summed E-state index contributed by atoms with van der Waals surface area (Å²) in [5.74, 6) is -0.0287. The lowest BCUT2D eigenvalue weighted by molar-refractivity contribution is 0.0953. The molecule has 3 N–H and O–H groups in total. The minimum atomic E-state index is -0.0287. The first-order valence-electron chi connectivity index (χ1n) is 7.44. The predicted molar refractivity (Wildman–Crippen MR) is 86.0 cm³/mol. The Morgan fingerprint density at radius 1 is 1.48 bits per heavy atom. The van der Waals surface area contributed by atoms with Gasteiger partial charge in [-0.1, -0.05) is 11.6 Å². The third-order valence-electron chi connectivity index (χ3n) is 4.12. The molecular formula is C16H20ClN3O. The molecule has 5 heteroatoms. The molecule has 1 amide bonds. The van der Waals surface area contributed by atoms with E-state index < -0.39 is 0 Å². The Balaban J connectivity index is 1.71. The predicted octanol–water partition coefficient (Wildman–Crippen LogP) is 3.00. The van der Waals surface area contributed by atoms with Gasteiger partial charge in [0.1, 0.15) is 0 Å². The number of fused-ring (bicyclic) bond motifs is 1. The molecule has 0 saturated carbocycles. The van der Waals surface area contributed by atoms with E-state index in [9.17, 15) is 4.79 Å². The Kier molecular flexibility index (Phi) is 4.17. The van der Waals surface area contributed by atoms with Crippen LogP contribution < -0.4 is 10.6 Å². The lowest BCUT2D eigenvalue weighted by Gasteiger charge is -2.11. The summed E-state index contributed by atoms with van der Waals surface area (Å²) in [5.41, 5.74) is 2.52. The number of aromatic amines is 1. The zero-order valence-electron chi connectivity index (χ0n) is 12.1.